The van der Waals surface area contributed by atoms with Gasteiger partial charge >= 0.3 is 6.09 Å². The number of benzene rings is 2. The summed E-state index contributed by atoms with van der Waals surface area (Å²) in [4.78, 5) is 41.2. The van der Waals surface area contributed by atoms with Gasteiger partial charge in [0.1, 0.15) is 5.60 Å². The molecule has 0 radical (unpaired) electrons. The third-order valence-corrected chi connectivity index (χ3v) is 7.20. The number of hydrogen-bond donors (Lipinski definition) is 0. The average Bonchev–Trinajstić information content (AvgIpc) is 3.11. The maximum Gasteiger partial charge on any atom is 0.410 e. The van der Waals surface area contributed by atoms with E-state index in [0.717, 1.165) is 21.0 Å². The zero-order chi connectivity index (χ0) is 29.5. The SMILES string of the molecule is COCCN(CCN(c1ccc2c(c1)C(=O)N(CCOCc1ccccc1)C2=O)S(C)(=O)=O)C(=O)OC(C)(C)C. The number of anilines is 1. The monoisotopic (exact) mass is 575 g/mol. The van der Waals surface area contributed by atoms with Gasteiger partial charge in [-0.15, -0.1) is 0 Å². The van der Waals surface area contributed by atoms with Gasteiger partial charge in [-0.3, -0.25) is 18.8 Å². The average molecular weight is 576 g/mol. The van der Waals surface area contributed by atoms with E-state index < -0.39 is 33.5 Å². The lowest BCUT2D eigenvalue weighted by molar-refractivity contribution is 0.0208. The van der Waals surface area contributed by atoms with E-state index in [0.29, 0.717) is 6.61 Å². The Kier molecular flexibility index (Phi) is 10.3. The van der Waals surface area contributed by atoms with Crippen LogP contribution in [0.5, 0.6) is 0 Å². The van der Waals surface area contributed by atoms with Crippen LogP contribution >= 0.6 is 0 Å². The lowest BCUT2D eigenvalue weighted by Gasteiger charge is -2.30. The summed E-state index contributed by atoms with van der Waals surface area (Å²) in [6.45, 7) is 6.14. The van der Waals surface area contributed by atoms with E-state index in [1.54, 1.807) is 20.8 Å². The summed E-state index contributed by atoms with van der Waals surface area (Å²) in [6, 6.07) is 13.9. The summed E-state index contributed by atoms with van der Waals surface area (Å²) < 4.78 is 42.8. The normalized spacial score (nSPS) is 13.4. The second-order valence-electron chi connectivity index (χ2n) is 10.3. The zero-order valence-corrected chi connectivity index (χ0v) is 24.4. The molecular weight excluding hydrogens is 538 g/mol. The molecule has 1 aliphatic heterocycles. The molecule has 1 heterocycles. The molecule has 3 amide bonds. The summed E-state index contributed by atoms with van der Waals surface area (Å²) in [7, 11) is -2.31. The molecule has 1 aliphatic rings. The third-order valence-electron chi connectivity index (χ3n) is 6.00. The highest BCUT2D eigenvalue weighted by Crippen LogP contribution is 2.28. The number of carbonyl (C=O) groups excluding carboxylic acids is 3. The minimum atomic E-state index is -3.81. The molecule has 40 heavy (non-hydrogen) atoms. The van der Waals surface area contributed by atoms with Crippen LogP contribution < -0.4 is 4.31 Å². The van der Waals surface area contributed by atoms with E-state index in [1.807, 2.05) is 30.3 Å². The predicted molar refractivity (Wildman–Crippen MR) is 150 cm³/mol. The number of methoxy groups -OCH3 is 1. The maximum absolute atomic E-state index is 13.1. The van der Waals surface area contributed by atoms with Crippen molar-refractivity contribution < 1.29 is 37.0 Å². The predicted octanol–water partition coefficient (Wildman–Crippen LogP) is 3.15. The summed E-state index contributed by atoms with van der Waals surface area (Å²) >= 11 is 0. The first-order valence-electron chi connectivity index (χ1n) is 12.9. The van der Waals surface area contributed by atoms with Crippen LogP contribution in [0.3, 0.4) is 0 Å². The van der Waals surface area contributed by atoms with E-state index in [9.17, 15) is 22.8 Å². The van der Waals surface area contributed by atoms with E-state index in [2.05, 4.69) is 0 Å². The van der Waals surface area contributed by atoms with Gasteiger partial charge in [-0.25, -0.2) is 13.2 Å². The molecule has 12 heteroatoms. The third kappa shape index (κ3) is 8.26. The molecule has 11 nitrogen and oxygen atoms in total. The quantitative estimate of drug-likeness (QED) is 0.264. The van der Waals surface area contributed by atoms with Crippen molar-refractivity contribution in [3.05, 3.63) is 65.2 Å². The van der Waals surface area contributed by atoms with Crippen LogP contribution in [-0.4, -0.2) is 94.5 Å². The van der Waals surface area contributed by atoms with Crippen molar-refractivity contribution >= 4 is 33.6 Å². The Bertz CT molecular complexity index is 1310. The summed E-state index contributed by atoms with van der Waals surface area (Å²) in [5.74, 6) is -0.981. The summed E-state index contributed by atoms with van der Waals surface area (Å²) in [6.07, 6.45) is 0.439. The Morgan fingerprint density at radius 2 is 1.60 bits per heavy atom. The highest BCUT2D eigenvalue weighted by Gasteiger charge is 2.36. The molecule has 0 fully saturated rings. The van der Waals surface area contributed by atoms with Gasteiger partial charge in [-0.2, -0.15) is 0 Å². The molecular formula is C28H37N3O8S. The van der Waals surface area contributed by atoms with E-state index >= 15 is 0 Å². The molecule has 0 N–H and O–H groups in total. The van der Waals surface area contributed by atoms with Gasteiger partial charge in [0.2, 0.25) is 10.0 Å². The fraction of sp³-hybridized carbons (Fsp3) is 0.464. The van der Waals surface area contributed by atoms with Crippen LogP contribution in [-0.2, 0) is 30.8 Å². The molecule has 0 atom stereocenters. The smallest absolute Gasteiger partial charge is 0.410 e. The fourth-order valence-electron chi connectivity index (χ4n) is 4.08. The molecule has 2 aromatic carbocycles. The van der Waals surface area contributed by atoms with Crippen molar-refractivity contribution in [1.29, 1.82) is 0 Å². The van der Waals surface area contributed by atoms with Gasteiger partial charge in [0.25, 0.3) is 11.8 Å². The Balaban J connectivity index is 1.72. The van der Waals surface area contributed by atoms with Gasteiger partial charge in [-0.05, 0) is 44.5 Å². The standard InChI is InChI=1S/C28H37N3O8S/c1-28(2,3)39-27(34)29(15-17-37-4)13-14-31(40(5,35)36)22-11-12-23-24(19-22)26(33)30(25(23)32)16-18-38-20-21-9-7-6-8-10-21/h6-12,19H,13-18,20H2,1-5H3. The van der Waals surface area contributed by atoms with Crippen molar-refractivity contribution in [2.24, 2.45) is 0 Å². The van der Waals surface area contributed by atoms with Gasteiger partial charge in [0.05, 0.1) is 56.0 Å². The van der Waals surface area contributed by atoms with Crippen molar-refractivity contribution in [2.45, 2.75) is 33.0 Å². The first-order chi connectivity index (χ1) is 18.8. The lowest BCUT2D eigenvalue weighted by atomic mass is 10.1. The van der Waals surface area contributed by atoms with Crippen LogP contribution in [0.25, 0.3) is 0 Å². The molecule has 0 aromatic heterocycles. The second-order valence-corrected chi connectivity index (χ2v) is 12.2. The van der Waals surface area contributed by atoms with Crippen molar-refractivity contribution in [1.82, 2.24) is 9.80 Å². The number of hydrogen-bond acceptors (Lipinski definition) is 8. The highest BCUT2D eigenvalue weighted by atomic mass is 32.2. The van der Waals surface area contributed by atoms with Crippen LogP contribution in [0.15, 0.2) is 48.5 Å². The zero-order valence-electron chi connectivity index (χ0n) is 23.6. The highest BCUT2D eigenvalue weighted by molar-refractivity contribution is 7.92. The largest absolute Gasteiger partial charge is 0.444 e. The molecule has 0 unspecified atom stereocenters. The van der Waals surface area contributed by atoms with Crippen molar-refractivity contribution in [2.75, 3.05) is 57.1 Å². The van der Waals surface area contributed by atoms with Crippen LogP contribution in [0.4, 0.5) is 10.5 Å². The molecule has 0 saturated heterocycles. The Morgan fingerprint density at radius 1 is 0.925 bits per heavy atom. The van der Waals surface area contributed by atoms with Gasteiger partial charge in [-0.1, -0.05) is 30.3 Å². The number of sulfonamides is 1. The minimum absolute atomic E-state index is 0.0141. The number of rotatable bonds is 13. The summed E-state index contributed by atoms with van der Waals surface area (Å²) in [5.41, 5.74) is 0.760. The van der Waals surface area contributed by atoms with Crippen molar-refractivity contribution in [3.63, 3.8) is 0 Å². The van der Waals surface area contributed by atoms with E-state index in [1.165, 1.54) is 30.2 Å². The maximum atomic E-state index is 13.1. The topological polar surface area (TPSA) is 123 Å². The fourth-order valence-corrected chi connectivity index (χ4v) is 4.99. The van der Waals surface area contributed by atoms with E-state index in [-0.39, 0.29) is 56.2 Å². The first kappa shape index (κ1) is 31.1. The molecule has 0 saturated carbocycles. The molecule has 0 aliphatic carbocycles. The Morgan fingerprint density at radius 3 is 2.23 bits per heavy atom. The van der Waals surface area contributed by atoms with E-state index in [4.69, 9.17) is 14.2 Å². The number of imide groups is 1. The molecule has 0 bridgehead atoms. The number of amides is 3. The molecule has 218 valence electrons. The minimum Gasteiger partial charge on any atom is -0.444 e. The lowest BCUT2D eigenvalue weighted by Crippen LogP contribution is -2.44. The number of ether oxygens (including phenoxy) is 3. The second kappa shape index (κ2) is 13.2. The van der Waals surface area contributed by atoms with Crippen LogP contribution in [0.1, 0.15) is 47.1 Å². The number of fused-ring (bicyclic) bond motifs is 1. The van der Waals surface area contributed by atoms with Gasteiger partial charge in [0.15, 0.2) is 0 Å². The van der Waals surface area contributed by atoms with Crippen LogP contribution in [0.2, 0.25) is 0 Å². The van der Waals surface area contributed by atoms with Crippen molar-refractivity contribution in [3.8, 4) is 0 Å². The number of nitrogens with zero attached hydrogens (tertiary/aromatic N) is 3. The first-order valence-corrected chi connectivity index (χ1v) is 14.7. The number of carbonyl (C=O) groups is 3. The molecule has 2 aromatic rings. The molecule has 3 rings (SSSR count). The van der Waals surface area contributed by atoms with Gasteiger partial charge < -0.3 is 19.1 Å². The van der Waals surface area contributed by atoms with Gasteiger partial charge in [0, 0.05) is 20.2 Å². The molecule has 0 spiro atoms. The Hall–Kier alpha value is -3.48. The van der Waals surface area contributed by atoms with Crippen LogP contribution in [0, 0.1) is 0 Å². The summed E-state index contributed by atoms with van der Waals surface area (Å²) in [5, 5.41) is 0. The Labute approximate surface area is 235 Å².